The zero-order valence-electron chi connectivity index (χ0n) is 10.3. The number of likely N-dealkylation sites (N-methyl/N-ethyl adjacent to an activating group) is 1. The number of amides is 1. The molecule has 1 amide bonds. The maximum Gasteiger partial charge on any atom is 0.406 e. The second-order valence-electron chi connectivity index (χ2n) is 4.22. The highest BCUT2D eigenvalue weighted by atomic mass is 19.4. The van der Waals surface area contributed by atoms with E-state index in [1.165, 1.54) is 13.8 Å². The molecule has 4 nitrogen and oxygen atoms in total. The first-order valence-electron chi connectivity index (χ1n) is 5.36. The number of carbonyl (C=O) groups excluding carboxylic acids is 1. The lowest BCUT2D eigenvalue weighted by Crippen LogP contribution is -2.56. The first-order valence-corrected chi connectivity index (χ1v) is 5.36. The van der Waals surface area contributed by atoms with Gasteiger partial charge in [-0.3, -0.25) is 4.79 Å². The lowest BCUT2D eigenvalue weighted by molar-refractivity contribution is -0.165. The highest BCUT2D eigenvalue weighted by molar-refractivity contribution is 5.85. The molecule has 0 aliphatic heterocycles. The summed E-state index contributed by atoms with van der Waals surface area (Å²) < 4.78 is 36.8. The first kappa shape index (κ1) is 16.2. The number of carbonyl (C=O) groups is 1. The number of aliphatic hydroxyl groups is 1. The van der Waals surface area contributed by atoms with Gasteiger partial charge < -0.3 is 15.3 Å². The minimum atomic E-state index is -4.47. The molecule has 0 aliphatic carbocycles. The smallest absolute Gasteiger partial charge is 0.395 e. The number of nitrogens with one attached hydrogen (secondary N) is 1. The molecule has 102 valence electrons. The molecule has 2 N–H and O–H groups in total. The van der Waals surface area contributed by atoms with Crippen LogP contribution in [-0.2, 0) is 4.79 Å². The number of hydrogen-bond acceptors (Lipinski definition) is 3. The highest BCUT2D eigenvalue weighted by Gasteiger charge is 2.37. The van der Waals surface area contributed by atoms with E-state index in [9.17, 15) is 18.0 Å². The summed E-state index contributed by atoms with van der Waals surface area (Å²) in [4.78, 5) is 12.5. The molecule has 0 aromatic heterocycles. The van der Waals surface area contributed by atoms with Crippen molar-refractivity contribution in [3.05, 3.63) is 0 Å². The molecule has 0 aromatic rings. The minimum absolute atomic E-state index is 0.326. The Balaban J connectivity index is 4.75. The van der Waals surface area contributed by atoms with Crippen LogP contribution in [0.5, 0.6) is 0 Å². The van der Waals surface area contributed by atoms with Crippen molar-refractivity contribution in [2.75, 3.05) is 26.2 Å². The summed E-state index contributed by atoms with van der Waals surface area (Å²) in [5, 5.41) is 11.5. The van der Waals surface area contributed by atoms with Gasteiger partial charge in [-0.1, -0.05) is 6.92 Å². The largest absolute Gasteiger partial charge is 0.406 e. The van der Waals surface area contributed by atoms with Gasteiger partial charge in [-0.05, 0) is 20.4 Å². The van der Waals surface area contributed by atoms with Gasteiger partial charge in [-0.15, -0.1) is 0 Å². The van der Waals surface area contributed by atoms with Crippen LogP contribution in [0.25, 0.3) is 0 Å². The number of rotatable bonds is 6. The SMILES string of the molecule is CCNC(C)(C)C(=O)N(CCO)CC(F)(F)F. The molecule has 0 radical (unpaired) electrons. The number of nitrogens with zero attached hydrogens (tertiary/aromatic N) is 1. The van der Waals surface area contributed by atoms with Crippen LogP contribution >= 0.6 is 0 Å². The zero-order valence-corrected chi connectivity index (χ0v) is 10.3. The van der Waals surface area contributed by atoms with Crippen molar-refractivity contribution in [2.24, 2.45) is 0 Å². The Morgan fingerprint density at radius 2 is 1.88 bits per heavy atom. The van der Waals surface area contributed by atoms with Gasteiger partial charge in [-0.25, -0.2) is 0 Å². The minimum Gasteiger partial charge on any atom is -0.395 e. The fourth-order valence-electron chi connectivity index (χ4n) is 1.50. The third-order valence-corrected chi connectivity index (χ3v) is 2.18. The molecule has 0 spiro atoms. The number of alkyl halides is 3. The van der Waals surface area contributed by atoms with E-state index in [0.29, 0.717) is 11.4 Å². The normalized spacial score (nSPS) is 12.6. The van der Waals surface area contributed by atoms with Gasteiger partial charge in [0.1, 0.15) is 6.54 Å². The van der Waals surface area contributed by atoms with E-state index in [1.54, 1.807) is 6.92 Å². The maximum atomic E-state index is 12.3. The molecule has 0 fully saturated rings. The van der Waals surface area contributed by atoms with Gasteiger partial charge in [0.05, 0.1) is 12.1 Å². The summed E-state index contributed by atoms with van der Waals surface area (Å²) >= 11 is 0. The number of halogens is 3. The second kappa shape index (κ2) is 6.20. The van der Waals surface area contributed by atoms with Gasteiger partial charge in [0.25, 0.3) is 0 Å². The lowest BCUT2D eigenvalue weighted by atomic mass is 10.0. The average molecular weight is 256 g/mol. The van der Waals surface area contributed by atoms with Crippen molar-refractivity contribution in [3.8, 4) is 0 Å². The van der Waals surface area contributed by atoms with Crippen molar-refractivity contribution >= 4 is 5.91 Å². The maximum absolute atomic E-state index is 12.3. The predicted molar refractivity (Wildman–Crippen MR) is 57.5 cm³/mol. The van der Waals surface area contributed by atoms with E-state index in [4.69, 9.17) is 5.11 Å². The Hall–Kier alpha value is -0.820. The number of hydrogen-bond donors (Lipinski definition) is 2. The topological polar surface area (TPSA) is 52.6 Å². The van der Waals surface area contributed by atoms with Crippen molar-refractivity contribution in [1.82, 2.24) is 10.2 Å². The summed E-state index contributed by atoms with van der Waals surface area (Å²) in [7, 11) is 0. The fourth-order valence-corrected chi connectivity index (χ4v) is 1.50. The summed E-state index contributed by atoms with van der Waals surface area (Å²) in [5.74, 6) is -0.675. The monoisotopic (exact) mass is 256 g/mol. The van der Waals surface area contributed by atoms with E-state index < -0.39 is 30.8 Å². The van der Waals surface area contributed by atoms with Crippen LogP contribution in [0.4, 0.5) is 13.2 Å². The average Bonchev–Trinajstić information content (AvgIpc) is 2.13. The van der Waals surface area contributed by atoms with Gasteiger partial charge in [0.15, 0.2) is 0 Å². The Labute approximate surface area is 98.8 Å². The van der Waals surface area contributed by atoms with E-state index >= 15 is 0 Å². The molecule has 0 aromatic carbocycles. The molecule has 0 saturated heterocycles. The molecule has 0 heterocycles. The molecule has 7 heteroatoms. The summed E-state index contributed by atoms with van der Waals surface area (Å²) in [6.07, 6.45) is -4.47. The molecule has 0 bridgehead atoms. The van der Waals surface area contributed by atoms with Crippen LogP contribution in [-0.4, -0.2) is 53.9 Å². The molecule has 0 atom stereocenters. The Morgan fingerprint density at radius 1 is 1.35 bits per heavy atom. The van der Waals surface area contributed by atoms with Gasteiger partial charge in [-0.2, -0.15) is 13.2 Å². The standard InChI is InChI=1S/C10H19F3N2O2/c1-4-14-9(2,3)8(17)15(5-6-16)7-10(11,12)13/h14,16H,4-7H2,1-3H3. The van der Waals surface area contributed by atoms with Crippen molar-refractivity contribution in [1.29, 1.82) is 0 Å². The summed E-state index contributed by atoms with van der Waals surface area (Å²) in [6, 6.07) is 0. The molecule has 0 unspecified atom stereocenters. The van der Waals surface area contributed by atoms with Crippen LogP contribution in [0.1, 0.15) is 20.8 Å². The Morgan fingerprint density at radius 3 is 2.24 bits per heavy atom. The summed E-state index contributed by atoms with van der Waals surface area (Å²) in [6.45, 7) is 3.09. The molecule has 0 aliphatic rings. The third kappa shape index (κ3) is 5.88. The van der Waals surface area contributed by atoms with E-state index in [2.05, 4.69) is 5.32 Å². The second-order valence-corrected chi connectivity index (χ2v) is 4.22. The summed E-state index contributed by atoms with van der Waals surface area (Å²) in [5.41, 5.74) is -1.07. The van der Waals surface area contributed by atoms with Crippen LogP contribution < -0.4 is 5.32 Å². The van der Waals surface area contributed by atoms with Crippen LogP contribution in [0.15, 0.2) is 0 Å². The lowest BCUT2D eigenvalue weighted by Gasteiger charge is -2.32. The van der Waals surface area contributed by atoms with E-state index in [0.717, 1.165) is 0 Å². The fraction of sp³-hybridized carbons (Fsp3) is 0.900. The molecule has 0 saturated carbocycles. The van der Waals surface area contributed by atoms with Crippen molar-refractivity contribution in [2.45, 2.75) is 32.5 Å². The zero-order chi connectivity index (χ0) is 13.7. The van der Waals surface area contributed by atoms with Crippen LogP contribution in [0, 0.1) is 0 Å². The molecular formula is C10H19F3N2O2. The van der Waals surface area contributed by atoms with E-state index in [-0.39, 0.29) is 6.54 Å². The first-order chi connectivity index (χ1) is 7.64. The van der Waals surface area contributed by atoms with Crippen molar-refractivity contribution in [3.63, 3.8) is 0 Å². The van der Waals surface area contributed by atoms with Gasteiger partial charge in [0, 0.05) is 6.54 Å². The number of aliphatic hydroxyl groups excluding tert-OH is 1. The predicted octanol–water partition coefficient (Wildman–Crippen LogP) is 0.758. The van der Waals surface area contributed by atoms with Crippen molar-refractivity contribution < 1.29 is 23.1 Å². The molecular weight excluding hydrogens is 237 g/mol. The van der Waals surface area contributed by atoms with Gasteiger partial charge >= 0.3 is 6.18 Å². The Kier molecular flexibility index (Phi) is 5.91. The quantitative estimate of drug-likeness (QED) is 0.737. The molecule has 17 heavy (non-hydrogen) atoms. The molecule has 0 rings (SSSR count). The van der Waals surface area contributed by atoms with E-state index in [1.807, 2.05) is 0 Å². The Bertz CT molecular complexity index is 254. The highest BCUT2D eigenvalue weighted by Crippen LogP contribution is 2.18. The van der Waals surface area contributed by atoms with Gasteiger partial charge in [0.2, 0.25) is 5.91 Å². The third-order valence-electron chi connectivity index (χ3n) is 2.18. The van der Waals surface area contributed by atoms with Crippen LogP contribution in [0.2, 0.25) is 0 Å². The van der Waals surface area contributed by atoms with Crippen LogP contribution in [0.3, 0.4) is 0 Å².